The van der Waals surface area contributed by atoms with Gasteiger partial charge in [-0.3, -0.25) is 5.32 Å². The number of hydrogen-bond donors (Lipinski definition) is 1. The Morgan fingerprint density at radius 1 is 1.00 bits per heavy atom. The van der Waals surface area contributed by atoms with Crippen LogP contribution >= 0.6 is 0 Å². The van der Waals surface area contributed by atoms with Crippen molar-refractivity contribution >= 4 is 11.8 Å². The first kappa shape index (κ1) is 16.2. The molecule has 2 aromatic carbocycles. The van der Waals surface area contributed by atoms with E-state index in [9.17, 15) is 4.79 Å². The van der Waals surface area contributed by atoms with Crippen molar-refractivity contribution in [2.75, 3.05) is 25.0 Å². The first-order valence-corrected chi connectivity index (χ1v) is 9.11. The van der Waals surface area contributed by atoms with Crippen LogP contribution in [0.1, 0.15) is 30.4 Å². The van der Waals surface area contributed by atoms with Gasteiger partial charge >= 0.3 is 6.09 Å². The molecule has 0 aromatic heterocycles. The van der Waals surface area contributed by atoms with Gasteiger partial charge < -0.3 is 9.64 Å². The van der Waals surface area contributed by atoms with Crippen LogP contribution in [0, 0.1) is 0 Å². The van der Waals surface area contributed by atoms with Gasteiger partial charge in [0.15, 0.2) is 0 Å². The number of carbonyl (C=O) groups is 1. The number of aryl methyl sites for hydroxylation is 1. The van der Waals surface area contributed by atoms with Crippen LogP contribution in [0.15, 0.2) is 54.6 Å². The number of rotatable bonds is 4. The van der Waals surface area contributed by atoms with Crippen LogP contribution in [0.3, 0.4) is 0 Å². The molecule has 4 nitrogen and oxygen atoms in total. The van der Waals surface area contributed by atoms with Gasteiger partial charge in [-0.15, -0.1) is 0 Å². The highest BCUT2D eigenvalue weighted by atomic mass is 16.6. The van der Waals surface area contributed by atoms with Gasteiger partial charge in [0.1, 0.15) is 5.60 Å². The molecule has 1 N–H and O–H groups in total. The van der Waals surface area contributed by atoms with E-state index in [0.29, 0.717) is 0 Å². The second-order valence-corrected chi connectivity index (χ2v) is 6.99. The van der Waals surface area contributed by atoms with Gasteiger partial charge in [0.2, 0.25) is 0 Å². The Morgan fingerprint density at radius 2 is 1.72 bits per heavy atom. The van der Waals surface area contributed by atoms with E-state index in [-0.39, 0.29) is 6.09 Å². The van der Waals surface area contributed by atoms with E-state index in [2.05, 4.69) is 46.6 Å². The smallest absolute Gasteiger partial charge is 0.412 e. The number of nitrogens with zero attached hydrogens (tertiary/aromatic N) is 1. The monoisotopic (exact) mass is 336 g/mol. The summed E-state index contributed by atoms with van der Waals surface area (Å²) >= 11 is 0. The largest absolute Gasteiger partial charge is 0.438 e. The van der Waals surface area contributed by atoms with E-state index >= 15 is 0 Å². The van der Waals surface area contributed by atoms with Crippen LogP contribution in [0.25, 0.3) is 0 Å². The minimum Gasteiger partial charge on any atom is -0.438 e. The quantitative estimate of drug-likeness (QED) is 0.911. The Labute approximate surface area is 148 Å². The number of hydrogen-bond acceptors (Lipinski definition) is 3. The van der Waals surface area contributed by atoms with Crippen molar-refractivity contribution in [3.05, 3.63) is 65.7 Å². The summed E-state index contributed by atoms with van der Waals surface area (Å²) in [4.78, 5) is 14.5. The number of likely N-dealkylation sites (tertiary alicyclic amines) is 1. The molecule has 0 aliphatic carbocycles. The molecule has 4 heteroatoms. The molecule has 2 aromatic rings. The summed E-state index contributed by atoms with van der Waals surface area (Å²) < 4.78 is 5.79. The van der Waals surface area contributed by atoms with Crippen molar-refractivity contribution in [2.24, 2.45) is 0 Å². The molecule has 2 aliphatic rings. The van der Waals surface area contributed by atoms with Crippen LogP contribution in [0.2, 0.25) is 0 Å². The number of fused-ring (bicyclic) bond motifs is 2. The number of para-hydroxylation sites is 1. The number of ether oxygens (including phenoxy) is 1. The fourth-order valence-electron chi connectivity index (χ4n) is 4.02. The lowest BCUT2D eigenvalue weighted by molar-refractivity contribution is -0.0379. The standard InChI is InChI=1S/C21H24N2O2/c24-20-22-19-11-5-4-10-18(19)21(25-20)12-15-23(16-13-21)14-6-9-17-7-2-1-3-8-17/h1-5,7-8,10-11H,6,9,12-16H2,(H,22,24). The first-order valence-electron chi connectivity index (χ1n) is 9.11. The van der Waals surface area contributed by atoms with Gasteiger partial charge in [-0.1, -0.05) is 48.5 Å². The molecule has 130 valence electrons. The third-order valence-corrected chi connectivity index (χ3v) is 5.39. The molecule has 0 radical (unpaired) electrons. The van der Waals surface area contributed by atoms with Crippen molar-refractivity contribution in [2.45, 2.75) is 31.3 Å². The third kappa shape index (κ3) is 3.40. The zero-order valence-corrected chi connectivity index (χ0v) is 14.4. The summed E-state index contributed by atoms with van der Waals surface area (Å²) in [5.41, 5.74) is 2.97. The van der Waals surface area contributed by atoms with Crippen molar-refractivity contribution < 1.29 is 9.53 Å². The summed E-state index contributed by atoms with van der Waals surface area (Å²) in [5, 5.41) is 2.82. The Kier molecular flexibility index (Phi) is 4.45. The highest BCUT2D eigenvalue weighted by Gasteiger charge is 2.44. The number of anilines is 1. The number of amides is 1. The molecule has 0 bridgehead atoms. The maximum absolute atomic E-state index is 12.0. The van der Waals surface area contributed by atoms with Crippen molar-refractivity contribution in [1.29, 1.82) is 0 Å². The molecule has 4 rings (SSSR count). The minimum atomic E-state index is -0.450. The maximum atomic E-state index is 12.0. The molecular formula is C21H24N2O2. The van der Waals surface area contributed by atoms with Gasteiger partial charge in [0.25, 0.3) is 0 Å². The fraction of sp³-hybridized carbons (Fsp3) is 0.381. The normalized spacial score (nSPS) is 19.1. The Morgan fingerprint density at radius 3 is 2.52 bits per heavy atom. The molecule has 25 heavy (non-hydrogen) atoms. The molecule has 0 unspecified atom stereocenters. The minimum absolute atomic E-state index is 0.323. The second-order valence-electron chi connectivity index (χ2n) is 6.99. The van der Waals surface area contributed by atoms with E-state index in [1.807, 2.05) is 18.2 Å². The molecule has 1 spiro atoms. The summed E-state index contributed by atoms with van der Waals surface area (Å²) in [5.74, 6) is 0. The zero-order chi connectivity index (χ0) is 17.1. The van der Waals surface area contributed by atoms with Crippen LogP contribution in [0.4, 0.5) is 10.5 Å². The number of benzene rings is 2. The maximum Gasteiger partial charge on any atom is 0.412 e. The van der Waals surface area contributed by atoms with E-state index in [4.69, 9.17) is 4.74 Å². The van der Waals surface area contributed by atoms with E-state index in [1.165, 1.54) is 5.56 Å². The lowest BCUT2D eigenvalue weighted by atomic mass is 9.82. The molecule has 2 aliphatic heterocycles. The van der Waals surface area contributed by atoms with Crippen molar-refractivity contribution in [3.63, 3.8) is 0 Å². The zero-order valence-electron chi connectivity index (χ0n) is 14.4. The fourth-order valence-corrected chi connectivity index (χ4v) is 4.02. The highest BCUT2D eigenvalue weighted by Crippen LogP contribution is 2.43. The molecule has 1 saturated heterocycles. The topological polar surface area (TPSA) is 41.6 Å². The second kappa shape index (κ2) is 6.89. The number of nitrogens with one attached hydrogen (secondary N) is 1. The van der Waals surface area contributed by atoms with Gasteiger partial charge in [-0.25, -0.2) is 4.79 Å². The lowest BCUT2D eigenvalue weighted by Gasteiger charge is -2.44. The number of piperidine rings is 1. The van der Waals surface area contributed by atoms with Gasteiger partial charge in [-0.2, -0.15) is 0 Å². The molecule has 0 saturated carbocycles. The van der Waals surface area contributed by atoms with Crippen LogP contribution in [0.5, 0.6) is 0 Å². The average molecular weight is 336 g/mol. The molecule has 0 atom stereocenters. The van der Waals surface area contributed by atoms with Crippen LogP contribution < -0.4 is 5.32 Å². The van der Waals surface area contributed by atoms with E-state index in [0.717, 1.165) is 56.6 Å². The summed E-state index contributed by atoms with van der Waals surface area (Å²) in [6.07, 6.45) is 3.68. The first-order chi connectivity index (χ1) is 12.3. The van der Waals surface area contributed by atoms with Crippen molar-refractivity contribution in [3.8, 4) is 0 Å². The predicted molar refractivity (Wildman–Crippen MR) is 98.7 cm³/mol. The van der Waals surface area contributed by atoms with Gasteiger partial charge in [0.05, 0.1) is 5.69 Å². The van der Waals surface area contributed by atoms with Crippen molar-refractivity contribution in [1.82, 2.24) is 4.90 Å². The van der Waals surface area contributed by atoms with Crippen LogP contribution in [-0.4, -0.2) is 30.6 Å². The summed E-state index contributed by atoms with van der Waals surface area (Å²) in [6, 6.07) is 18.7. The number of carbonyl (C=O) groups excluding carboxylic acids is 1. The predicted octanol–water partition coefficient (Wildman–Crippen LogP) is 4.17. The molecular weight excluding hydrogens is 312 g/mol. The molecule has 1 amide bonds. The Hall–Kier alpha value is -2.33. The third-order valence-electron chi connectivity index (χ3n) is 5.39. The summed E-state index contributed by atoms with van der Waals surface area (Å²) in [7, 11) is 0. The highest BCUT2D eigenvalue weighted by molar-refractivity contribution is 5.88. The summed E-state index contributed by atoms with van der Waals surface area (Å²) in [6.45, 7) is 3.03. The Bertz CT molecular complexity index is 737. The van der Waals surface area contributed by atoms with Crippen LogP contribution in [-0.2, 0) is 16.8 Å². The lowest BCUT2D eigenvalue weighted by Crippen LogP contribution is -2.48. The van der Waals surface area contributed by atoms with E-state index in [1.54, 1.807) is 0 Å². The average Bonchev–Trinajstić information content (AvgIpc) is 2.64. The SMILES string of the molecule is O=C1Nc2ccccc2C2(CCN(CCCc3ccccc3)CC2)O1. The van der Waals surface area contributed by atoms with Gasteiger partial charge in [0, 0.05) is 31.5 Å². The molecule has 2 heterocycles. The molecule has 1 fully saturated rings. The van der Waals surface area contributed by atoms with Gasteiger partial charge in [-0.05, 0) is 31.0 Å². The Balaban J connectivity index is 1.36. The van der Waals surface area contributed by atoms with E-state index < -0.39 is 5.60 Å².